The Hall–Kier alpha value is -3.06. The van der Waals surface area contributed by atoms with Gasteiger partial charge in [-0.3, -0.25) is 14.7 Å². The van der Waals surface area contributed by atoms with E-state index < -0.39 is 0 Å². The molecule has 0 radical (unpaired) electrons. The second kappa shape index (κ2) is 11.2. The molecule has 0 saturated carbocycles. The third kappa shape index (κ3) is 6.05. The molecule has 0 bridgehead atoms. The molecule has 2 fully saturated rings. The molecule has 0 N–H and O–H groups in total. The van der Waals surface area contributed by atoms with Crippen molar-refractivity contribution in [2.45, 2.75) is 37.8 Å². The zero-order valence-electron chi connectivity index (χ0n) is 19.5. The molecular weight excluding hydrogens is 418 g/mol. The summed E-state index contributed by atoms with van der Waals surface area (Å²) in [5, 5.41) is 0. The molecule has 4 rings (SSSR count). The van der Waals surface area contributed by atoms with Crippen LogP contribution in [-0.4, -0.2) is 73.2 Å². The third-order valence-electron chi connectivity index (χ3n) is 6.55. The summed E-state index contributed by atoms with van der Waals surface area (Å²) in [4.78, 5) is 21.3. The normalized spacial score (nSPS) is 18.4. The minimum atomic E-state index is 0.0627. The Morgan fingerprint density at radius 1 is 0.939 bits per heavy atom. The molecule has 2 saturated heterocycles. The number of carbonyl (C=O) groups excluding carboxylic acids is 1. The van der Waals surface area contributed by atoms with Crippen molar-refractivity contribution in [1.82, 2.24) is 14.8 Å². The molecule has 2 aromatic rings. The van der Waals surface area contributed by atoms with Gasteiger partial charge >= 0.3 is 0 Å². The maximum absolute atomic E-state index is 12.7. The molecule has 7 nitrogen and oxygen atoms in total. The van der Waals surface area contributed by atoms with E-state index in [1.165, 1.54) is 0 Å². The molecule has 2 aliphatic heterocycles. The summed E-state index contributed by atoms with van der Waals surface area (Å²) in [6, 6.07) is 10.0. The van der Waals surface area contributed by atoms with Gasteiger partial charge in [-0.25, -0.2) is 0 Å². The number of hydrogen-bond acceptors (Lipinski definition) is 6. The highest BCUT2D eigenvalue weighted by Gasteiger charge is 2.29. The number of carbonyl (C=O) groups is 1. The van der Waals surface area contributed by atoms with E-state index in [1.807, 2.05) is 41.3 Å². The Bertz CT molecular complexity index is 934. The van der Waals surface area contributed by atoms with Crippen LogP contribution in [0, 0.1) is 0 Å². The Morgan fingerprint density at radius 3 is 2.30 bits per heavy atom. The van der Waals surface area contributed by atoms with E-state index in [0.29, 0.717) is 17.5 Å². The van der Waals surface area contributed by atoms with Crippen LogP contribution in [0.15, 0.2) is 48.8 Å². The van der Waals surface area contributed by atoms with Crippen LogP contribution in [0.2, 0.25) is 0 Å². The molecule has 0 unspecified atom stereocenters. The number of ether oxygens (including phenoxy) is 3. The van der Waals surface area contributed by atoms with Gasteiger partial charge in [0.15, 0.2) is 11.5 Å². The topological polar surface area (TPSA) is 64.1 Å². The average Bonchev–Trinajstić information content (AvgIpc) is 2.88. The lowest BCUT2D eigenvalue weighted by molar-refractivity contribution is -0.127. The number of rotatable bonds is 7. The predicted octanol–water partition coefficient (Wildman–Crippen LogP) is 3.65. The van der Waals surface area contributed by atoms with E-state index in [4.69, 9.17) is 14.2 Å². The van der Waals surface area contributed by atoms with E-state index in [2.05, 4.69) is 9.88 Å². The molecule has 176 valence electrons. The molecule has 0 aliphatic carbocycles. The molecular formula is C26H33N3O4. The van der Waals surface area contributed by atoms with Crippen LogP contribution in [0.4, 0.5) is 0 Å². The number of benzene rings is 1. The number of nitrogens with zero attached hydrogens (tertiary/aromatic N) is 3. The van der Waals surface area contributed by atoms with Gasteiger partial charge < -0.3 is 19.1 Å². The van der Waals surface area contributed by atoms with Crippen molar-refractivity contribution in [3.63, 3.8) is 0 Å². The number of aromatic nitrogens is 1. The number of methoxy groups -OCH3 is 2. The molecule has 3 heterocycles. The van der Waals surface area contributed by atoms with E-state index in [9.17, 15) is 4.79 Å². The van der Waals surface area contributed by atoms with Crippen LogP contribution in [0.25, 0.3) is 6.08 Å². The Kier molecular flexibility index (Phi) is 7.83. The fourth-order valence-electron chi connectivity index (χ4n) is 4.65. The van der Waals surface area contributed by atoms with Crippen LogP contribution >= 0.6 is 0 Å². The van der Waals surface area contributed by atoms with Gasteiger partial charge in [-0.2, -0.15) is 0 Å². The van der Waals surface area contributed by atoms with Gasteiger partial charge in [0.1, 0.15) is 11.9 Å². The number of amides is 1. The van der Waals surface area contributed by atoms with Crippen LogP contribution in [-0.2, 0) is 4.79 Å². The van der Waals surface area contributed by atoms with E-state index in [-0.39, 0.29) is 12.0 Å². The predicted molar refractivity (Wildman–Crippen MR) is 128 cm³/mol. The summed E-state index contributed by atoms with van der Waals surface area (Å²) in [6.45, 7) is 3.70. The first-order valence-electron chi connectivity index (χ1n) is 11.7. The summed E-state index contributed by atoms with van der Waals surface area (Å²) >= 11 is 0. The van der Waals surface area contributed by atoms with Crippen molar-refractivity contribution in [2.24, 2.45) is 0 Å². The molecule has 0 spiro atoms. The van der Waals surface area contributed by atoms with Crippen molar-refractivity contribution >= 4 is 12.0 Å². The maximum Gasteiger partial charge on any atom is 0.246 e. The van der Waals surface area contributed by atoms with E-state index >= 15 is 0 Å². The lowest BCUT2D eigenvalue weighted by Crippen LogP contribution is -2.49. The van der Waals surface area contributed by atoms with Crippen LogP contribution in [0.5, 0.6) is 17.2 Å². The molecule has 2 aliphatic rings. The summed E-state index contributed by atoms with van der Waals surface area (Å²) in [5.74, 6) is 2.29. The third-order valence-corrected chi connectivity index (χ3v) is 6.55. The Labute approximate surface area is 196 Å². The van der Waals surface area contributed by atoms with Crippen LogP contribution in [0.1, 0.15) is 31.2 Å². The zero-order chi connectivity index (χ0) is 23.0. The lowest BCUT2D eigenvalue weighted by atomic mass is 9.98. The molecule has 7 heteroatoms. The minimum Gasteiger partial charge on any atom is -0.493 e. The first kappa shape index (κ1) is 23.1. The van der Waals surface area contributed by atoms with Crippen molar-refractivity contribution in [2.75, 3.05) is 40.4 Å². The number of hydrogen-bond donors (Lipinski definition) is 0. The number of piperidine rings is 2. The van der Waals surface area contributed by atoms with Gasteiger partial charge in [0.05, 0.1) is 14.2 Å². The fourth-order valence-corrected chi connectivity index (χ4v) is 4.65. The zero-order valence-corrected chi connectivity index (χ0v) is 19.5. The highest BCUT2D eigenvalue weighted by Crippen LogP contribution is 2.28. The molecule has 33 heavy (non-hydrogen) atoms. The highest BCUT2D eigenvalue weighted by atomic mass is 16.5. The molecule has 1 amide bonds. The minimum absolute atomic E-state index is 0.0627. The largest absolute Gasteiger partial charge is 0.493 e. The van der Waals surface area contributed by atoms with E-state index in [1.54, 1.807) is 32.7 Å². The Morgan fingerprint density at radius 2 is 1.64 bits per heavy atom. The molecule has 0 atom stereocenters. The van der Waals surface area contributed by atoms with Gasteiger partial charge in [0.25, 0.3) is 0 Å². The van der Waals surface area contributed by atoms with Crippen LogP contribution in [0.3, 0.4) is 0 Å². The molecule has 1 aromatic carbocycles. The number of pyridine rings is 1. The highest BCUT2D eigenvalue weighted by molar-refractivity contribution is 5.92. The first-order valence-corrected chi connectivity index (χ1v) is 11.7. The SMILES string of the molecule is COc1ccc(C=CC(=O)N2CCC(N3CCC(Oc4ccncc4)CC3)CC2)cc1OC. The Balaban J connectivity index is 1.22. The maximum atomic E-state index is 12.7. The fraction of sp³-hybridized carbons (Fsp3) is 0.462. The van der Waals surface area contributed by atoms with Crippen molar-refractivity contribution in [3.8, 4) is 17.2 Å². The van der Waals surface area contributed by atoms with Gasteiger partial charge in [-0.1, -0.05) is 6.07 Å². The monoisotopic (exact) mass is 451 g/mol. The van der Waals surface area contributed by atoms with Gasteiger partial charge in [0.2, 0.25) is 5.91 Å². The van der Waals surface area contributed by atoms with Crippen molar-refractivity contribution in [1.29, 1.82) is 0 Å². The average molecular weight is 452 g/mol. The smallest absolute Gasteiger partial charge is 0.246 e. The second-order valence-corrected chi connectivity index (χ2v) is 8.54. The first-order chi connectivity index (χ1) is 16.2. The van der Waals surface area contributed by atoms with Gasteiger partial charge in [-0.15, -0.1) is 0 Å². The lowest BCUT2D eigenvalue weighted by Gasteiger charge is -2.41. The second-order valence-electron chi connectivity index (χ2n) is 8.54. The van der Waals surface area contributed by atoms with E-state index in [0.717, 1.165) is 63.2 Å². The number of likely N-dealkylation sites (tertiary alicyclic amines) is 2. The summed E-state index contributed by atoms with van der Waals surface area (Å²) < 4.78 is 16.7. The van der Waals surface area contributed by atoms with Gasteiger partial charge in [-0.05, 0) is 61.6 Å². The van der Waals surface area contributed by atoms with Crippen LogP contribution < -0.4 is 14.2 Å². The quantitative estimate of drug-likeness (QED) is 0.599. The van der Waals surface area contributed by atoms with Crippen molar-refractivity contribution < 1.29 is 19.0 Å². The summed E-state index contributed by atoms with van der Waals surface area (Å²) in [7, 11) is 3.22. The van der Waals surface area contributed by atoms with Crippen molar-refractivity contribution in [3.05, 3.63) is 54.4 Å². The summed E-state index contributed by atoms with van der Waals surface area (Å²) in [5.41, 5.74) is 0.910. The van der Waals surface area contributed by atoms with Gasteiger partial charge in [0, 0.05) is 50.7 Å². The standard InChI is InChI=1S/C26H33N3O4/c1-31-24-5-3-20(19-25(24)32-2)4-6-26(30)29-15-9-21(10-16-29)28-17-11-23(12-18-28)33-22-7-13-27-14-8-22/h3-8,13-14,19,21,23H,9-12,15-18H2,1-2H3. The summed E-state index contributed by atoms with van der Waals surface area (Å²) in [6.07, 6.45) is 11.4. The molecule has 1 aromatic heterocycles.